The van der Waals surface area contributed by atoms with Gasteiger partial charge >= 0.3 is 0 Å². The Bertz CT molecular complexity index is 2260. The van der Waals surface area contributed by atoms with Crippen LogP contribution in [-0.2, 0) is 0 Å². The highest BCUT2D eigenvalue weighted by Crippen LogP contribution is 2.39. The van der Waals surface area contributed by atoms with Gasteiger partial charge in [0.2, 0.25) is 0 Å². The molecule has 8 rings (SSSR count). The summed E-state index contributed by atoms with van der Waals surface area (Å²) in [7, 11) is 0. The minimum absolute atomic E-state index is 0.267. The molecule has 8 aromatic rings. The standard InChI is InChI=1S/C41H29FN4/c1-26-13-21-36-34(23-26)35-24-27(2)14-22-37(35)46(36)38-25-31(17-20-33(38)28-15-18-32(42)19-16-28)41-44-39(29-9-5-3-6-10-29)43-40(45-41)30-11-7-4-8-12-30/h3-25H,1-2H3. The zero-order chi connectivity index (χ0) is 31.2. The molecule has 0 radical (unpaired) electrons. The first-order valence-corrected chi connectivity index (χ1v) is 15.3. The van der Waals surface area contributed by atoms with E-state index in [1.807, 2.05) is 78.9 Å². The Morgan fingerprint density at radius 3 is 1.46 bits per heavy atom. The van der Waals surface area contributed by atoms with E-state index in [1.165, 1.54) is 34.0 Å². The molecule has 2 aromatic heterocycles. The third kappa shape index (κ3) is 4.92. The lowest BCUT2D eigenvalue weighted by atomic mass is 10.0. The van der Waals surface area contributed by atoms with Gasteiger partial charge in [0.15, 0.2) is 17.5 Å². The maximum absolute atomic E-state index is 14.1. The van der Waals surface area contributed by atoms with Gasteiger partial charge in [-0.3, -0.25) is 0 Å². The van der Waals surface area contributed by atoms with Crippen LogP contribution in [0, 0.1) is 19.7 Å². The van der Waals surface area contributed by atoms with Crippen molar-refractivity contribution in [1.29, 1.82) is 0 Å². The summed E-state index contributed by atoms with van der Waals surface area (Å²) in [6, 6.07) is 46.1. The topological polar surface area (TPSA) is 43.6 Å². The Labute approximate surface area is 266 Å². The van der Waals surface area contributed by atoms with E-state index in [-0.39, 0.29) is 5.82 Å². The van der Waals surface area contributed by atoms with E-state index in [9.17, 15) is 4.39 Å². The average molecular weight is 597 g/mol. The number of rotatable bonds is 5. The summed E-state index contributed by atoms with van der Waals surface area (Å²) in [5.41, 5.74) is 10.1. The van der Waals surface area contributed by atoms with Crippen LogP contribution in [0.2, 0.25) is 0 Å². The molecule has 4 nitrogen and oxygen atoms in total. The lowest BCUT2D eigenvalue weighted by Gasteiger charge is -2.16. The minimum atomic E-state index is -0.267. The smallest absolute Gasteiger partial charge is 0.164 e. The molecule has 46 heavy (non-hydrogen) atoms. The van der Waals surface area contributed by atoms with E-state index in [1.54, 1.807) is 0 Å². The first kappa shape index (κ1) is 27.6. The van der Waals surface area contributed by atoms with Crippen LogP contribution < -0.4 is 0 Å². The first-order valence-electron chi connectivity index (χ1n) is 15.3. The maximum atomic E-state index is 14.1. The number of halogens is 1. The van der Waals surface area contributed by atoms with Crippen LogP contribution >= 0.6 is 0 Å². The number of fused-ring (bicyclic) bond motifs is 3. The first-order chi connectivity index (χ1) is 22.5. The van der Waals surface area contributed by atoms with Crippen LogP contribution in [0.4, 0.5) is 4.39 Å². The molecule has 0 saturated carbocycles. The second kappa shape index (κ2) is 11.2. The van der Waals surface area contributed by atoms with E-state index in [4.69, 9.17) is 15.0 Å². The van der Waals surface area contributed by atoms with Gasteiger partial charge in [-0.05, 0) is 61.9 Å². The molecule has 5 heteroatoms. The Morgan fingerprint density at radius 2 is 0.935 bits per heavy atom. The predicted octanol–water partition coefficient (Wildman–Crippen LogP) is 10.4. The predicted molar refractivity (Wildman–Crippen MR) is 185 cm³/mol. The molecular formula is C41H29FN4. The maximum Gasteiger partial charge on any atom is 0.164 e. The third-order valence-corrected chi connectivity index (χ3v) is 8.43. The molecule has 220 valence electrons. The van der Waals surface area contributed by atoms with E-state index >= 15 is 0 Å². The van der Waals surface area contributed by atoms with Crippen LogP contribution in [0.5, 0.6) is 0 Å². The number of hydrogen-bond acceptors (Lipinski definition) is 3. The fourth-order valence-electron chi connectivity index (χ4n) is 6.18. The number of aryl methyl sites for hydroxylation is 2. The van der Waals surface area contributed by atoms with Gasteiger partial charge in [-0.2, -0.15) is 0 Å². The summed E-state index contributed by atoms with van der Waals surface area (Å²) in [4.78, 5) is 14.9. The van der Waals surface area contributed by atoms with E-state index in [2.05, 4.69) is 66.9 Å². The fraction of sp³-hybridized carbons (Fsp3) is 0.0488. The van der Waals surface area contributed by atoms with Crippen molar-refractivity contribution < 1.29 is 4.39 Å². The van der Waals surface area contributed by atoms with Gasteiger partial charge in [0, 0.05) is 33.0 Å². The van der Waals surface area contributed by atoms with Gasteiger partial charge in [-0.25, -0.2) is 19.3 Å². The molecule has 0 amide bonds. The number of aromatic nitrogens is 4. The van der Waals surface area contributed by atoms with Crippen molar-refractivity contribution in [3.05, 3.63) is 156 Å². The number of hydrogen-bond donors (Lipinski definition) is 0. The van der Waals surface area contributed by atoms with Crippen molar-refractivity contribution in [2.24, 2.45) is 0 Å². The molecule has 0 aliphatic rings. The molecule has 0 fully saturated rings. The Balaban J connectivity index is 1.42. The molecule has 0 aliphatic carbocycles. The Hall–Kier alpha value is -5.94. The SMILES string of the molecule is Cc1ccc2c(c1)c1cc(C)ccc1n2-c1cc(-c2nc(-c3ccccc3)nc(-c3ccccc3)n2)ccc1-c1ccc(F)cc1. The van der Waals surface area contributed by atoms with E-state index in [0.29, 0.717) is 17.5 Å². The molecule has 0 bridgehead atoms. The second-order valence-corrected chi connectivity index (χ2v) is 11.7. The number of nitrogens with zero attached hydrogens (tertiary/aromatic N) is 4. The Kier molecular flexibility index (Phi) is 6.72. The highest BCUT2D eigenvalue weighted by atomic mass is 19.1. The largest absolute Gasteiger partial charge is 0.309 e. The van der Waals surface area contributed by atoms with Crippen molar-refractivity contribution >= 4 is 21.8 Å². The summed E-state index contributed by atoms with van der Waals surface area (Å²) in [5, 5.41) is 2.37. The van der Waals surface area contributed by atoms with Gasteiger partial charge in [0.25, 0.3) is 0 Å². The molecular weight excluding hydrogens is 567 g/mol. The van der Waals surface area contributed by atoms with Gasteiger partial charge in [-0.15, -0.1) is 0 Å². The van der Waals surface area contributed by atoms with Crippen molar-refractivity contribution in [2.75, 3.05) is 0 Å². The third-order valence-electron chi connectivity index (χ3n) is 8.43. The quantitative estimate of drug-likeness (QED) is 0.199. The molecule has 0 N–H and O–H groups in total. The van der Waals surface area contributed by atoms with Crippen molar-refractivity contribution in [1.82, 2.24) is 19.5 Å². The highest BCUT2D eigenvalue weighted by Gasteiger charge is 2.19. The normalized spacial score (nSPS) is 11.4. The highest BCUT2D eigenvalue weighted by molar-refractivity contribution is 6.10. The summed E-state index contributed by atoms with van der Waals surface area (Å²) < 4.78 is 16.4. The van der Waals surface area contributed by atoms with Crippen LogP contribution in [0.25, 0.3) is 72.8 Å². The van der Waals surface area contributed by atoms with Crippen molar-refractivity contribution in [2.45, 2.75) is 13.8 Å². The van der Waals surface area contributed by atoms with Gasteiger partial charge in [0.05, 0.1) is 16.7 Å². The van der Waals surface area contributed by atoms with Crippen LogP contribution in [0.15, 0.2) is 140 Å². The molecule has 0 unspecified atom stereocenters. The summed E-state index contributed by atoms with van der Waals surface area (Å²) >= 11 is 0. The van der Waals surface area contributed by atoms with Crippen LogP contribution in [0.3, 0.4) is 0 Å². The lowest BCUT2D eigenvalue weighted by molar-refractivity contribution is 0.628. The Morgan fingerprint density at radius 1 is 0.457 bits per heavy atom. The zero-order valence-electron chi connectivity index (χ0n) is 25.4. The molecule has 0 aliphatic heterocycles. The van der Waals surface area contributed by atoms with Crippen LogP contribution in [-0.4, -0.2) is 19.5 Å². The zero-order valence-corrected chi connectivity index (χ0v) is 25.4. The molecule has 0 atom stereocenters. The summed E-state index contributed by atoms with van der Waals surface area (Å²) in [6.07, 6.45) is 0. The van der Waals surface area contributed by atoms with E-state index in [0.717, 1.165) is 44.5 Å². The summed E-state index contributed by atoms with van der Waals surface area (Å²) in [6.45, 7) is 4.25. The second-order valence-electron chi connectivity index (χ2n) is 11.7. The van der Waals surface area contributed by atoms with Crippen molar-refractivity contribution in [3.8, 4) is 51.0 Å². The molecule has 6 aromatic carbocycles. The average Bonchev–Trinajstić information content (AvgIpc) is 3.41. The van der Waals surface area contributed by atoms with Gasteiger partial charge in [0.1, 0.15) is 5.82 Å². The molecule has 0 spiro atoms. The van der Waals surface area contributed by atoms with E-state index < -0.39 is 0 Å². The molecule has 2 heterocycles. The fourth-order valence-corrected chi connectivity index (χ4v) is 6.18. The minimum Gasteiger partial charge on any atom is -0.309 e. The van der Waals surface area contributed by atoms with Gasteiger partial charge in [-0.1, -0.05) is 108 Å². The lowest BCUT2D eigenvalue weighted by Crippen LogP contribution is -2.02. The van der Waals surface area contributed by atoms with Gasteiger partial charge < -0.3 is 4.57 Å². The molecule has 0 saturated heterocycles. The monoisotopic (exact) mass is 596 g/mol. The van der Waals surface area contributed by atoms with Crippen molar-refractivity contribution in [3.63, 3.8) is 0 Å². The summed E-state index contributed by atoms with van der Waals surface area (Å²) in [5.74, 6) is 1.52. The number of benzene rings is 6. The van der Waals surface area contributed by atoms with Crippen LogP contribution in [0.1, 0.15) is 11.1 Å².